The third-order valence-electron chi connectivity index (χ3n) is 26.1. The van der Waals surface area contributed by atoms with Crippen LogP contribution < -0.4 is 48.3 Å². The van der Waals surface area contributed by atoms with Gasteiger partial charge in [-0.1, -0.05) is 123 Å². The molecule has 5 rings (SSSR count). The van der Waals surface area contributed by atoms with E-state index < -0.39 is 231 Å². The molecule has 1 fully saturated rings. The lowest BCUT2D eigenvalue weighted by molar-refractivity contribution is -0.148. The zero-order valence-corrected chi connectivity index (χ0v) is 87.2. The fourth-order valence-corrected chi connectivity index (χ4v) is 17.2. The summed E-state index contributed by atoms with van der Waals surface area (Å²) in [5.41, 5.74) is 6.81. The molecule has 0 radical (unpaired) electrons. The number of hydrogen-bond acceptors (Lipinski definition) is 34. The Labute approximate surface area is 859 Å². The molecule has 3 aromatic rings. The maximum Gasteiger partial charge on any atom is 0.410 e. The van der Waals surface area contributed by atoms with Crippen molar-refractivity contribution in [2.75, 3.05) is 146 Å². The minimum Gasteiger partial charge on any atom is -0.445 e. The molecule has 147 heavy (non-hydrogen) atoms. The van der Waals surface area contributed by atoms with Gasteiger partial charge < -0.3 is 147 Å². The molecule has 21 atom stereocenters. The van der Waals surface area contributed by atoms with Gasteiger partial charge in [0, 0.05) is 98.4 Å². The van der Waals surface area contributed by atoms with Crippen LogP contribution >= 0.6 is 0 Å². The lowest BCUT2D eigenvalue weighted by atomic mass is 9.89. The fraction of sp³-hybridized carbons (Fsp3) is 0.707. The average Bonchev–Trinajstić information content (AvgIpc) is 1.61. The van der Waals surface area contributed by atoms with E-state index in [1.54, 1.807) is 104 Å². The summed E-state index contributed by atoms with van der Waals surface area (Å²) in [6, 6.07) is 6.47. The first-order valence-corrected chi connectivity index (χ1v) is 50.5. The third kappa shape index (κ3) is 42.1. The van der Waals surface area contributed by atoms with Crippen molar-refractivity contribution < 1.29 is 152 Å². The summed E-state index contributed by atoms with van der Waals surface area (Å²) in [5, 5.41) is 141. The van der Waals surface area contributed by atoms with Crippen molar-refractivity contribution in [3.8, 4) is 0 Å². The van der Waals surface area contributed by atoms with Gasteiger partial charge in [0.1, 0.15) is 79.1 Å². The number of anilines is 1. The van der Waals surface area contributed by atoms with Crippen molar-refractivity contribution in [3.63, 3.8) is 0 Å². The Hall–Kier alpha value is -10.5. The van der Waals surface area contributed by atoms with Crippen LogP contribution in [0.15, 0.2) is 72.9 Å². The number of likely N-dealkylation sites (N-methyl/N-ethyl adjacent to an activating group) is 2. The number of carbonyl (C=O) groups is 13. The van der Waals surface area contributed by atoms with Crippen LogP contribution in [0.3, 0.4) is 0 Å². The van der Waals surface area contributed by atoms with E-state index in [0.717, 1.165) is 9.80 Å². The van der Waals surface area contributed by atoms with Crippen molar-refractivity contribution in [1.29, 1.82) is 0 Å². The number of benzene rings is 2. The predicted octanol–water partition coefficient (Wildman–Crippen LogP) is -2.01. The summed E-state index contributed by atoms with van der Waals surface area (Å²) < 4.78 is 41.6. The van der Waals surface area contributed by atoms with Gasteiger partial charge in [-0.25, -0.2) is 14.3 Å². The molecule has 0 saturated carbocycles. The number of ether oxygens (including phenoxy) is 7. The number of aromatic nitrogens is 3. The summed E-state index contributed by atoms with van der Waals surface area (Å²) >= 11 is 0. The van der Waals surface area contributed by atoms with Gasteiger partial charge in [-0.05, 0) is 112 Å². The zero-order chi connectivity index (χ0) is 109. The van der Waals surface area contributed by atoms with Gasteiger partial charge in [-0.3, -0.25) is 67.4 Å². The van der Waals surface area contributed by atoms with Crippen LogP contribution in [0.5, 0.6) is 0 Å². The minimum atomic E-state index is -1.95. The van der Waals surface area contributed by atoms with E-state index in [9.17, 15) is 108 Å². The van der Waals surface area contributed by atoms with E-state index in [2.05, 4.69) is 52.8 Å². The molecule has 2 aliphatic heterocycles. The van der Waals surface area contributed by atoms with E-state index in [1.807, 2.05) is 19.9 Å². The third-order valence-corrected chi connectivity index (χ3v) is 26.1. The van der Waals surface area contributed by atoms with Crippen molar-refractivity contribution in [2.45, 2.75) is 281 Å². The highest BCUT2D eigenvalue weighted by molar-refractivity contribution is 6.13. The Balaban J connectivity index is 1.14. The van der Waals surface area contributed by atoms with E-state index in [-0.39, 0.29) is 160 Å². The number of methoxy groups -OCH3 is 2. The quantitative estimate of drug-likeness (QED) is 0.0215. The topological polar surface area (TPSA) is 678 Å². The van der Waals surface area contributed by atoms with Gasteiger partial charge >= 0.3 is 12.1 Å². The lowest BCUT2D eigenvalue weighted by Gasteiger charge is -2.41. The largest absolute Gasteiger partial charge is 0.445 e. The van der Waals surface area contributed by atoms with Gasteiger partial charge in [-0.15, -0.1) is 5.10 Å². The Morgan fingerprint density at radius 3 is 1.68 bits per heavy atom. The van der Waals surface area contributed by atoms with Crippen LogP contribution in [0.25, 0.3) is 0 Å². The van der Waals surface area contributed by atoms with Gasteiger partial charge in [-0.2, -0.15) is 0 Å². The molecule has 1 saturated heterocycles. The minimum absolute atomic E-state index is 0.00985. The van der Waals surface area contributed by atoms with E-state index >= 15 is 0 Å². The number of imide groups is 1. The van der Waals surface area contributed by atoms with Crippen LogP contribution in [0, 0.1) is 29.6 Å². The normalized spacial score (nSPS) is 17.4. The molecule has 48 nitrogen and oxygen atoms in total. The predicted molar refractivity (Wildman–Crippen MR) is 533 cm³/mol. The fourth-order valence-electron chi connectivity index (χ4n) is 17.2. The summed E-state index contributed by atoms with van der Waals surface area (Å²) in [6.07, 6.45) is -11.2. The number of aliphatic hydroxyl groups is 11. The molecule has 0 bridgehead atoms. The molecular weight excluding hydrogens is 1920 g/mol. The van der Waals surface area contributed by atoms with Crippen LogP contribution in [-0.4, -0.2) is 422 Å². The van der Waals surface area contributed by atoms with E-state index in [4.69, 9.17) is 49.1 Å². The van der Waals surface area contributed by atoms with Crippen LogP contribution in [0.1, 0.15) is 180 Å². The average molecular weight is 2090 g/mol. The van der Waals surface area contributed by atoms with Crippen molar-refractivity contribution in [1.82, 2.24) is 76.7 Å². The Kier molecular flexibility index (Phi) is 57.7. The molecule has 0 unspecified atom stereocenters. The molecule has 0 spiro atoms. The number of nitrogens with zero attached hydrogens (tertiary/aromatic N) is 8. The summed E-state index contributed by atoms with van der Waals surface area (Å²) in [4.78, 5) is 185. The molecule has 3 heterocycles. The number of amides is 14. The molecule has 830 valence electrons. The van der Waals surface area contributed by atoms with Gasteiger partial charge in [0.2, 0.25) is 47.3 Å². The Bertz CT molecular complexity index is 4480. The summed E-state index contributed by atoms with van der Waals surface area (Å²) in [5.74, 6) is -8.41. The second-order valence-corrected chi connectivity index (χ2v) is 38.2. The van der Waals surface area contributed by atoms with Gasteiger partial charge in [0.25, 0.3) is 17.7 Å². The monoisotopic (exact) mass is 2090 g/mol. The second-order valence-electron chi connectivity index (χ2n) is 38.2. The highest BCUT2D eigenvalue weighted by atomic mass is 16.6. The van der Waals surface area contributed by atoms with Crippen molar-refractivity contribution in [2.24, 2.45) is 35.3 Å². The maximum atomic E-state index is 15.0. The molecule has 1 aromatic heterocycles. The molecule has 48 heteroatoms. The van der Waals surface area contributed by atoms with Crippen molar-refractivity contribution >= 4 is 82.8 Å². The number of urea groups is 1. The second kappa shape index (κ2) is 66.8. The molecule has 2 aromatic carbocycles. The lowest BCUT2D eigenvalue weighted by Crippen LogP contribution is -2.60. The smallest absolute Gasteiger partial charge is 0.410 e. The van der Waals surface area contributed by atoms with Gasteiger partial charge in [0.15, 0.2) is 0 Å². The number of nitrogens with one attached hydrogen (secondary N) is 8. The number of aliphatic hydroxyl groups excluding tert-OH is 11. The highest BCUT2D eigenvalue weighted by Gasteiger charge is 2.46. The number of primary amides is 1. The molecule has 14 amide bonds. The Morgan fingerprint density at radius 2 is 1.12 bits per heavy atom. The maximum absolute atomic E-state index is 15.0. The first-order valence-electron chi connectivity index (χ1n) is 50.5. The van der Waals surface area contributed by atoms with Crippen LogP contribution in [0.4, 0.5) is 15.3 Å². The summed E-state index contributed by atoms with van der Waals surface area (Å²) in [6.45, 7) is 16.2. The number of rotatable bonds is 73. The number of likely N-dealkylation sites (tertiary alicyclic amines) is 1. The van der Waals surface area contributed by atoms with E-state index in [1.165, 1.54) is 66.2 Å². The number of hydrogen-bond donors (Lipinski definition) is 20. The molecule has 0 aliphatic carbocycles. The Morgan fingerprint density at radius 1 is 0.565 bits per heavy atom. The molecular formula is C99H163N17O31. The number of carbonyl (C=O) groups excluding carboxylic acids is 13. The first kappa shape index (κ1) is 127. The first-order chi connectivity index (χ1) is 69.9. The summed E-state index contributed by atoms with van der Waals surface area (Å²) in [7, 11) is 5.99. The number of nitrogens with two attached hydrogens (primary N) is 1. The van der Waals surface area contributed by atoms with Crippen LogP contribution in [-0.2, 0) is 94.3 Å². The zero-order valence-electron chi connectivity index (χ0n) is 87.2. The highest BCUT2D eigenvalue weighted by Crippen LogP contribution is 2.32. The standard InChI is InChI=1S/C99H163N17O31/c1-15-62(8)84(76(141-13)52-80(126)114-41-25-30-70(114)90(142-14)63(9)91(132)104-64(10)85(127)66-26-18-16-19-27-66)111(11)97(138)82(60(4)5)109-96(137)83(61(6)7)112(12)99(140)147-58-65-32-34-67(35-33-65)105-92(133)69(29-24-39-102-98(100)139)107-95(136)81(59(2)3)108-93(134)68(106-77(123)31-20-17-23-40-115-78(124)36-37-79(115)125)28-21-22-38-101-94(135)71-53-103-110-116(71)43-45-144-47-49-146-51-50-145-48-46-143-44-42-113(54-72(119)86(128)88(130)74(121)56-117)55-73(120)87(129)89(131)75(122)57-118/h16,18-19,26-27,32-37,53,59-64,68-70,72-76,81-90,117-122,127-131H,15,17,20-25,28-31,38-52,54-58H2,1-14H3,(H,101,135)(H,104,132)(H,105,133)(H,106,123)(H,107,136)(H,108,134)(H,109,137)(H3,100,102,139)/t62-,63+,64+,68-,69-,70-,72-,73-,74+,75+,76+,81-,82-,83-,84-,85+,86+,87+,88+,89+,90+/m0/s1. The van der Waals surface area contributed by atoms with E-state index in [0.29, 0.717) is 62.6 Å². The molecule has 2 aliphatic rings. The number of unbranched alkanes of at least 4 members (excludes halogenated alkanes) is 3. The SMILES string of the molecule is CC[C@H](C)[C@@H]([C@@H](CC(=O)N1CCC[C@H]1[C@H](OC)[C@@H](C)C(=O)N[C@H](C)[C@@H](O)c1ccccc1)OC)N(C)C(=O)[C@@H](NC(=O)[C@H](C(C)C)N(C)C(=O)OCc1ccc(NC(=O)[C@H](CCCNC(N)=O)NC(=O)[C@@H](NC(=O)[C@H](CCCCNC(=O)c2cnnn2CCOCCOCCOCCOCCN(C[C@H](O)[C@@H](O)[C@H](O)[C@H](O)CO)C[C@H](O)[C@@H](O)[C@H](O)[C@H](O)CO)NC(=O)CCCCCN2C(=O)C=CC2=O)C(C)C)cc1)C(C)C. The van der Waals surface area contributed by atoms with Gasteiger partial charge in [0.05, 0.1) is 140 Å². The molecule has 21 N–H and O–H groups in total. The van der Waals surface area contributed by atoms with Crippen molar-refractivity contribution in [3.05, 3.63) is 89.8 Å². The van der Waals surface area contributed by atoms with Crippen LogP contribution in [0.2, 0.25) is 0 Å².